The normalized spacial score (nSPS) is 34.0. The van der Waals surface area contributed by atoms with E-state index < -0.39 is 36.8 Å². The molecule has 0 amide bonds. The summed E-state index contributed by atoms with van der Waals surface area (Å²) < 4.78 is 11.9. The number of hydrogen-bond acceptors (Lipinski definition) is 8. The Morgan fingerprint density at radius 3 is 2.83 bits per heavy atom. The number of anilines is 1. The molecule has 0 unspecified atom stereocenters. The standard InChI is InChI=1S/C14H21N3O6/c18-7-9-11(19)12(20)13(23-9)17-4-3-10(16-14(17)21)15-6-8-2-1-5-22-8/h3-4,8-9,11-13,18-20H,1-2,5-7H2,(H,15,16,21)/t8-,9-,11+,12+,13+/m0/s1. The zero-order chi connectivity index (χ0) is 16.4. The number of hydrogen-bond donors (Lipinski definition) is 4. The fourth-order valence-electron chi connectivity index (χ4n) is 2.84. The van der Waals surface area contributed by atoms with Crippen LogP contribution in [0.25, 0.3) is 0 Å². The van der Waals surface area contributed by atoms with E-state index in [9.17, 15) is 15.0 Å². The minimum atomic E-state index is -1.31. The van der Waals surface area contributed by atoms with Crippen LogP contribution in [0, 0.1) is 0 Å². The molecule has 9 heteroatoms. The highest BCUT2D eigenvalue weighted by Crippen LogP contribution is 2.28. The molecule has 0 spiro atoms. The van der Waals surface area contributed by atoms with Gasteiger partial charge in [-0.25, -0.2) is 4.79 Å². The van der Waals surface area contributed by atoms with E-state index in [1.165, 1.54) is 6.20 Å². The van der Waals surface area contributed by atoms with Gasteiger partial charge < -0.3 is 30.1 Å². The molecular weight excluding hydrogens is 306 g/mol. The van der Waals surface area contributed by atoms with Gasteiger partial charge in [-0.05, 0) is 18.9 Å². The molecule has 0 bridgehead atoms. The van der Waals surface area contributed by atoms with Crippen LogP contribution < -0.4 is 11.0 Å². The van der Waals surface area contributed by atoms with Crippen molar-refractivity contribution in [2.75, 3.05) is 25.1 Å². The number of ether oxygens (including phenoxy) is 2. The minimum absolute atomic E-state index is 0.125. The first-order valence-electron chi connectivity index (χ1n) is 7.67. The highest BCUT2D eigenvalue weighted by atomic mass is 16.6. The van der Waals surface area contributed by atoms with Crippen molar-refractivity contribution in [3.63, 3.8) is 0 Å². The lowest BCUT2D eigenvalue weighted by Gasteiger charge is -2.17. The van der Waals surface area contributed by atoms with Gasteiger partial charge in [0, 0.05) is 19.3 Å². The third-order valence-corrected chi connectivity index (χ3v) is 4.16. The molecule has 2 aliphatic heterocycles. The van der Waals surface area contributed by atoms with Gasteiger partial charge >= 0.3 is 5.69 Å². The third kappa shape index (κ3) is 3.38. The summed E-state index contributed by atoms with van der Waals surface area (Å²) >= 11 is 0. The lowest BCUT2D eigenvalue weighted by atomic mass is 10.1. The highest BCUT2D eigenvalue weighted by molar-refractivity contribution is 5.32. The monoisotopic (exact) mass is 327 g/mol. The van der Waals surface area contributed by atoms with Crippen LogP contribution in [0.2, 0.25) is 0 Å². The molecule has 128 valence electrons. The van der Waals surface area contributed by atoms with E-state index in [0.717, 1.165) is 24.0 Å². The molecular formula is C14H21N3O6. The van der Waals surface area contributed by atoms with Crippen molar-refractivity contribution in [1.29, 1.82) is 0 Å². The quantitative estimate of drug-likeness (QED) is 0.512. The van der Waals surface area contributed by atoms with Gasteiger partial charge in [0.25, 0.3) is 0 Å². The van der Waals surface area contributed by atoms with Crippen LogP contribution in [0.4, 0.5) is 5.82 Å². The first kappa shape index (κ1) is 16.3. The minimum Gasteiger partial charge on any atom is -0.394 e. The average molecular weight is 327 g/mol. The Labute approximate surface area is 132 Å². The molecule has 0 radical (unpaired) electrons. The van der Waals surface area contributed by atoms with E-state index in [2.05, 4.69) is 10.3 Å². The van der Waals surface area contributed by atoms with Crippen molar-refractivity contribution in [1.82, 2.24) is 9.55 Å². The summed E-state index contributed by atoms with van der Waals surface area (Å²) in [7, 11) is 0. The van der Waals surface area contributed by atoms with Crippen molar-refractivity contribution in [2.24, 2.45) is 0 Å². The first-order valence-corrected chi connectivity index (χ1v) is 7.67. The molecule has 1 aromatic heterocycles. The smallest absolute Gasteiger partial charge is 0.351 e. The molecule has 4 N–H and O–H groups in total. The summed E-state index contributed by atoms with van der Waals surface area (Å²) in [6.45, 7) is 0.884. The summed E-state index contributed by atoms with van der Waals surface area (Å²) in [5, 5.41) is 31.8. The molecule has 1 aromatic rings. The topological polar surface area (TPSA) is 126 Å². The fourth-order valence-corrected chi connectivity index (χ4v) is 2.84. The Kier molecular flexibility index (Phi) is 4.93. The van der Waals surface area contributed by atoms with E-state index in [-0.39, 0.29) is 6.10 Å². The van der Waals surface area contributed by atoms with Gasteiger partial charge in [0.1, 0.15) is 24.1 Å². The van der Waals surface area contributed by atoms with Gasteiger partial charge in [-0.1, -0.05) is 0 Å². The Morgan fingerprint density at radius 1 is 1.39 bits per heavy atom. The van der Waals surface area contributed by atoms with Gasteiger partial charge in [0.2, 0.25) is 0 Å². The van der Waals surface area contributed by atoms with E-state index >= 15 is 0 Å². The van der Waals surface area contributed by atoms with Gasteiger partial charge in [-0.3, -0.25) is 4.57 Å². The van der Waals surface area contributed by atoms with Crippen molar-refractivity contribution in [2.45, 2.75) is 43.5 Å². The Bertz CT molecular complexity index is 588. The van der Waals surface area contributed by atoms with Crippen LogP contribution in [-0.2, 0) is 9.47 Å². The van der Waals surface area contributed by atoms with Crippen LogP contribution in [0.5, 0.6) is 0 Å². The Morgan fingerprint density at radius 2 is 2.22 bits per heavy atom. The summed E-state index contributed by atoms with van der Waals surface area (Å²) in [5.41, 5.74) is -0.614. The van der Waals surface area contributed by atoms with Crippen LogP contribution in [-0.4, -0.2) is 69.0 Å². The molecule has 9 nitrogen and oxygen atoms in total. The van der Waals surface area contributed by atoms with E-state index in [0.29, 0.717) is 12.4 Å². The maximum Gasteiger partial charge on any atom is 0.351 e. The Balaban J connectivity index is 1.68. The zero-order valence-electron chi connectivity index (χ0n) is 12.5. The molecule has 3 heterocycles. The average Bonchev–Trinajstić information content (AvgIpc) is 3.16. The van der Waals surface area contributed by atoms with Gasteiger partial charge in [0.05, 0.1) is 12.7 Å². The van der Waals surface area contributed by atoms with Crippen LogP contribution >= 0.6 is 0 Å². The zero-order valence-corrected chi connectivity index (χ0v) is 12.5. The van der Waals surface area contributed by atoms with Crippen molar-refractivity contribution in [3.05, 3.63) is 22.7 Å². The molecule has 0 aromatic carbocycles. The maximum absolute atomic E-state index is 12.1. The second kappa shape index (κ2) is 6.93. The Hall–Kier alpha value is -1.52. The van der Waals surface area contributed by atoms with Gasteiger partial charge in [-0.2, -0.15) is 4.98 Å². The number of aliphatic hydroxyl groups is 3. The molecule has 23 heavy (non-hydrogen) atoms. The van der Waals surface area contributed by atoms with E-state index in [4.69, 9.17) is 14.6 Å². The third-order valence-electron chi connectivity index (χ3n) is 4.16. The van der Waals surface area contributed by atoms with E-state index in [1.807, 2.05) is 0 Å². The van der Waals surface area contributed by atoms with Crippen LogP contribution in [0.15, 0.2) is 17.1 Å². The van der Waals surface area contributed by atoms with Crippen molar-refractivity contribution in [3.8, 4) is 0 Å². The molecule has 0 aliphatic carbocycles. The second-order valence-electron chi connectivity index (χ2n) is 5.75. The summed E-state index contributed by atoms with van der Waals surface area (Å²) in [4.78, 5) is 16.0. The number of aliphatic hydroxyl groups excluding tert-OH is 3. The molecule has 2 aliphatic rings. The van der Waals surface area contributed by atoms with E-state index in [1.54, 1.807) is 6.07 Å². The van der Waals surface area contributed by atoms with Crippen LogP contribution in [0.1, 0.15) is 19.1 Å². The summed E-state index contributed by atoms with van der Waals surface area (Å²) in [6, 6.07) is 1.59. The summed E-state index contributed by atoms with van der Waals surface area (Å²) in [6.07, 6.45) is -0.993. The number of rotatable bonds is 5. The molecule has 2 saturated heterocycles. The first-order chi connectivity index (χ1) is 11.1. The van der Waals surface area contributed by atoms with Crippen molar-refractivity contribution >= 4 is 5.82 Å². The molecule has 2 fully saturated rings. The fraction of sp³-hybridized carbons (Fsp3) is 0.714. The lowest BCUT2D eigenvalue weighted by Crippen LogP contribution is -2.36. The predicted molar refractivity (Wildman–Crippen MR) is 79.0 cm³/mol. The maximum atomic E-state index is 12.1. The van der Waals surface area contributed by atoms with Crippen molar-refractivity contribution < 1.29 is 24.8 Å². The number of aromatic nitrogens is 2. The largest absolute Gasteiger partial charge is 0.394 e. The molecule has 0 saturated carbocycles. The SMILES string of the molecule is O=c1nc(NC[C@@H]2CCCO2)ccn1[C@@H]1O[C@@H](CO)[C@@H](O)[C@H]1O. The highest BCUT2D eigenvalue weighted by Gasteiger charge is 2.43. The van der Waals surface area contributed by atoms with Crippen LogP contribution in [0.3, 0.4) is 0 Å². The number of nitrogens with one attached hydrogen (secondary N) is 1. The second-order valence-corrected chi connectivity index (χ2v) is 5.75. The molecule has 5 atom stereocenters. The van der Waals surface area contributed by atoms with Gasteiger partial charge in [-0.15, -0.1) is 0 Å². The lowest BCUT2D eigenvalue weighted by molar-refractivity contribution is -0.0549. The summed E-state index contributed by atoms with van der Waals surface area (Å²) in [5.74, 6) is 0.411. The molecule has 3 rings (SSSR count). The van der Waals surface area contributed by atoms with Gasteiger partial charge in [0.15, 0.2) is 6.23 Å². The predicted octanol–water partition coefficient (Wildman–Crippen LogP) is -1.55. The number of nitrogens with zero attached hydrogens (tertiary/aromatic N) is 2.